The first-order valence-electron chi connectivity index (χ1n) is 10.9. The Balaban J connectivity index is 1.31. The molecule has 3 aromatic rings. The smallest absolute Gasteiger partial charge is 0.258 e. The van der Waals surface area contributed by atoms with E-state index in [-0.39, 0.29) is 17.4 Å². The Labute approximate surface area is 186 Å². The fourth-order valence-electron chi connectivity index (χ4n) is 3.90. The van der Waals surface area contributed by atoms with E-state index in [9.17, 15) is 14.4 Å². The monoisotopic (exact) mass is 433 g/mol. The molecule has 2 heterocycles. The Bertz CT molecular complexity index is 1170. The summed E-state index contributed by atoms with van der Waals surface area (Å²) in [7, 11) is 0. The molecule has 1 aliphatic heterocycles. The van der Waals surface area contributed by atoms with Gasteiger partial charge < -0.3 is 15.2 Å². The second-order valence-electron chi connectivity index (χ2n) is 7.89. The van der Waals surface area contributed by atoms with Gasteiger partial charge in [-0.3, -0.25) is 19.3 Å². The lowest BCUT2D eigenvalue weighted by Gasteiger charge is -2.19. The Morgan fingerprint density at radius 1 is 1.16 bits per heavy atom. The van der Waals surface area contributed by atoms with E-state index >= 15 is 0 Å². The van der Waals surface area contributed by atoms with Crippen LogP contribution in [0.1, 0.15) is 32.0 Å². The normalized spacial score (nSPS) is 13.8. The molecule has 0 aliphatic carbocycles. The van der Waals surface area contributed by atoms with Crippen LogP contribution in [0.3, 0.4) is 0 Å². The number of carbonyl (C=O) groups is 2. The van der Waals surface area contributed by atoms with Crippen molar-refractivity contribution in [3.8, 4) is 0 Å². The van der Waals surface area contributed by atoms with Gasteiger partial charge in [-0.25, -0.2) is 4.98 Å². The zero-order valence-electron chi connectivity index (χ0n) is 18.1. The van der Waals surface area contributed by atoms with E-state index < -0.39 is 0 Å². The van der Waals surface area contributed by atoms with Crippen LogP contribution in [0.15, 0.2) is 53.3 Å². The second-order valence-corrected chi connectivity index (χ2v) is 7.89. The number of fused-ring (bicyclic) bond motifs is 1. The van der Waals surface area contributed by atoms with E-state index in [4.69, 9.17) is 0 Å². The summed E-state index contributed by atoms with van der Waals surface area (Å²) < 4.78 is 0. The van der Waals surface area contributed by atoms with E-state index in [0.29, 0.717) is 48.3 Å². The lowest BCUT2D eigenvalue weighted by atomic mass is 10.2. The standard InChI is InChI=1S/C24H27N5O3/c1-2-28(16-21-26-20-7-4-3-6-19(20)24(32)27-21)15-13-22(30)25-17-9-11-18(12-10-17)29-14-5-8-23(29)31/h3-4,6-7,9-12H,2,5,8,13-16H2,1H3,(H,25,30)(H,26,27,32). The van der Waals surface area contributed by atoms with E-state index in [2.05, 4.69) is 20.2 Å². The van der Waals surface area contributed by atoms with Crippen LogP contribution in [-0.4, -0.2) is 46.3 Å². The minimum absolute atomic E-state index is 0.0894. The zero-order valence-corrected chi connectivity index (χ0v) is 18.1. The number of nitrogens with zero attached hydrogens (tertiary/aromatic N) is 3. The largest absolute Gasteiger partial charge is 0.326 e. The van der Waals surface area contributed by atoms with E-state index in [0.717, 1.165) is 25.2 Å². The van der Waals surface area contributed by atoms with E-state index in [1.165, 1.54) is 0 Å². The Morgan fingerprint density at radius 2 is 1.94 bits per heavy atom. The van der Waals surface area contributed by atoms with Crippen LogP contribution < -0.4 is 15.8 Å². The molecule has 0 saturated carbocycles. The van der Waals surface area contributed by atoms with Crippen molar-refractivity contribution in [3.63, 3.8) is 0 Å². The molecule has 0 atom stereocenters. The quantitative estimate of drug-likeness (QED) is 0.569. The van der Waals surface area contributed by atoms with Gasteiger partial charge in [-0.15, -0.1) is 0 Å². The highest BCUT2D eigenvalue weighted by atomic mass is 16.2. The number of hydrogen-bond donors (Lipinski definition) is 2. The average Bonchev–Trinajstić information content (AvgIpc) is 3.23. The number of H-pyrrole nitrogens is 1. The predicted octanol–water partition coefficient (Wildman–Crippen LogP) is 2.90. The summed E-state index contributed by atoms with van der Waals surface area (Å²) in [6, 6.07) is 14.6. The number of hydrogen-bond acceptors (Lipinski definition) is 5. The first-order chi connectivity index (χ1) is 15.5. The number of anilines is 2. The van der Waals surface area contributed by atoms with Crippen molar-refractivity contribution < 1.29 is 9.59 Å². The highest BCUT2D eigenvalue weighted by Crippen LogP contribution is 2.23. The van der Waals surface area contributed by atoms with Gasteiger partial charge in [0.15, 0.2) is 0 Å². The van der Waals surface area contributed by atoms with Crippen molar-refractivity contribution in [1.29, 1.82) is 0 Å². The van der Waals surface area contributed by atoms with Crippen molar-refractivity contribution in [3.05, 3.63) is 64.7 Å². The molecule has 0 bridgehead atoms. The maximum absolute atomic E-state index is 12.4. The van der Waals surface area contributed by atoms with Crippen LogP contribution in [0, 0.1) is 0 Å². The second kappa shape index (κ2) is 9.74. The van der Waals surface area contributed by atoms with Gasteiger partial charge in [0.2, 0.25) is 11.8 Å². The van der Waals surface area contributed by atoms with E-state index in [1.807, 2.05) is 49.4 Å². The van der Waals surface area contributed by atoms with Gasteiger partial charge in [0, 0.05) is 37.3 Å². The summed E-state index contributed by atoms with van der Waals surface area (Å²) in [6.45, 7) is 4.48. The zero-order chi connectivity index (χ0) is 22.5. The van der Waals surface area contributed by atoms with Gasteiger partial charge in [0.1, 0.15) is 5.82 Å². The molecular formula is C24H27N5O3. The average molecular weight is 434 g/mol. The minimum Gasteiger partial charge on any atom is -0.326 e. The van der Waals surface area contributed by atoms with Crippen LogP contribution in [0.2, 0.25) is 0 Å². The molecule has 2 N–H and O–H groups in total. The molecule has 0 unspecified atom stereocenters. The Hall–Kier alpha value is -3.52. The topological polar surface area (TPSA) is 98.4 Å². The summed E-state index contributed by atoms with van der Waals surface area (Å²) in [5.74, 6) is 0.639. The molecule has 32 heavy (non-hydrogen) atoms. The molecule has 0 spiro atoms. The van der Waals surface area contributed by atoms with Crippen LogP contribution >= 0.6 is 0 Å². The predicted molar refractivity (Wildman–Crippen MR) is 125 cm³/mol. The number of nitrogens with one attached hydrogen (secondary N) is 2. The van der Waals surface area contributed by atoms with Crippen molar-refractivity contribution >= 4 is 34.1 Å². The number of benzene rings is 2. The molecule has 4 rings (SSSR count). The first kappa shape index (κ1) is 21.7. The van der Waals surface area contributed by atoms with Crippen molar-refractivity contribution in [2.45, 2.75) is 32.7 Å². The van der Waals surface area contributed by atoms with Gasteiger partial charge >= 0.3 is 0 Å². The molecule has 8 heteroatoms. The van der Waals surface area contributed by atoms with Crippen LogP contribution in [0.25, 0.3) is 10.9 Å². The molecule has 2 amide bonds. The minimum atomic E-state index is -0.154. The van der Waals surface area contributed by atoms with Gasteiger partial charge in [0.25, 0.3) is 5.56 Å². The summed E-state index contributed by atoms with van der Waals surface area (Å²) in [5, 5.41) is 3.47. The number of carbonyl (C=O) groups excluding carboxylic acids is 2. The molecule has 1 saturated heterocycles. The third kappa shape index (κ3) is 5.03. The first-order valence-corrected chi connectivity index (χ1v) is 10.9. The van der Waals surface area contributed by atoms with Gasteiger partial charge in [-0.2, -0.15) is 0 Å². The number of rotatable bonds is 8. The third-order valence-corrected chi connectivity index (χ3v) is 5.67. The van der Waals surface area contributed by atoms with Gasteiger partial charge in [-0.1, -0.05) is 19.1 Å². The Kier molecular flexibility index (Phi) is 6.61. The molecule has 0 radical (unpaired) electrons. The third-order valence-electron chi connectivity index (χ3n) is 5.67. The van der Waals surface area contributed by atoms with Crippen molar-refractivity contribution in [2.24, 2.45) is 0 Å². The number of aromatic nitrogens is 2. The summed E-state index contributed by atoms with van der Waals surface area (Å²) in [5.41, 5.74) is 2.08. The van der Waals surface area contributed by atoms with Crippen molar-refractivity contribution in [1.82, 2.24) is 14.9 Å². The molecule has 2 aromatic carbocycles. The number of para-hydroxylation sites is 1. The van der Waals surface area contributed by atoms with Crippen LogP contribution in [0.4, 0.5) is 11.4 Å². The Morgan fingerprint density at radius 3 is 2.66 bits per heavy atom. The SMILES string of the molecule is CCN(CCC(=O)Nc1ccc(N2CCCC2=O)cc1)Cc1nc2ccccc2c(=O)[nH]1. The van der Waals surface area contributed by atoms with Crippen LogP contribution in [-0.2, 0) is 16.1 Å². The van der Waals surface area contributed by atoms with Crippen molar-refractivity contribution in [2.75, 3.05) is 29.9 Å². The number of amides is 2. The molecule has 1 aliphatic rings. The molecular weight excluding hydrogens is 406 g/mol. The maximum Gasteiger partial charge on any atom is 0.258 e. The highest BCUT2D eigenvalue weighted by molar-refractivity contribution is 5.96. The number of aromatic amines is 1. The lowest BCUT2D eigenvalue weighted by Crippen LogP contribution is -2.29. The summed E-state index contributed by atoms with van der Waals surface area (Å²) in [4.78, 5) is 47.8. The molecule has 166 valence electrons. The van der Waals surface area contributed by atoms with Gasteiger partial charge in [-0.05, 0) is 49.4 Å². The fraction of sp³-hybridized carbons (Fsp3) is 0.333. The van der Waals surface area contributed by atoms with Gasteiger partial charge in [0.05, 0.1) is 17.4 Å². The fourth-order valence-corrected chi connectivity index (χ4v) is 3.90. The molecule has 8 nitrogen and oxygen atoms in total. The highest BCUT2D eigenvalue weighted by Gasteiger charge is 2.21. The lowest BCUT2D eigenvalue weighted by molar-refractivity contribution is -0.117. The summed E-state index contributed by atoms with van der Waals surface area (Å²) in [6.07, 6.45) is 1.79. The molecule has 1 aromatic heterocycles. The molecule has 1 fully saturated rings. The van der Waals surface area contributed by atoms with E-state index in [1.54, 1.807) is 11.0 Å². The maximum atomic E-state index is 12.4. The summed E-state index contributed by atoms with van der Waals surface area (Å²) >= 11 is 0. The van der Waals surface area contributed by atoms with Crippen LogP contribution in [0.5, 0.6) is 0 Å².